The van der Waals surface area contributed by atoms with Gasteiger partial charge in [-0.3, -0.25) is 4.31 Å². The summed E-state index contributed by atoms with van der Waals surface area (Å²) in [5.41, 5.74) is 2.64. The average molecular weight is 448 g/mol. The number of sulfonamides is 1. The van der Waals surface area contributed by atoms with Crippen molar-refractivity contribution in [3.05, 3.63) is 76.5 Å². The molecule has 7 heteroatoms. The zero-order valence-electron chi connectivity index (χ0n) is 14.2. The van der Waals surface area contributed by atoms with Gasteiger partial charge in [0.1, 0.15) is 11.6 Å². The standard InChI is InChI=1S/C20H15BrFNO3S/c1-12-18-11-14(22)3-8-17(18)19-10-13(21)2-9-20(19)23(12)27(25,26)16-6-4-15(24)5-7-16/h2-12,24H,1H3. The maximum atomic E-state index is 13.9. The second-order valence-electron chi connectivity index (χ2n) is 6.36. The molecule has 3 aromatic rings. The molecule has 4 rings (SSSR count). The van der Waals surface area contributed by atoms with Crippen molar-refractivity contribution in [2.24, 2.45) is 0 Å². The van der Waals surface area contributed by atoms with E-state index in [1.54, 1.807) is 25.1 Å². The first kappa shape index (κ1) is 18.0. The Morgan fingerprint density at radius 3 is 2.41 bits per heavy atom. The molecule has 1 aliphatic heterocycles. The van der Waals surface area contributed by atoms with Crippen LogP contribution in [0.5, 0.6) is 5.75 Å². The highest BCUT2D eigenvalue weighted by Crippen LogP contribution is 2.48. The van der Waals surface area contributed by atoms with E-state index in [9.17, 15) is 17.9 Å². The molecule has 4 nitrogen and oxygen atoms in total. The maximum absolute atomic E-state index is 13.9. The SMILES string of the molecule is CC1c2cc(F)ccc2-c2cc(Br)ccc2N1S(=O)(=O)c1ccc(O)cc1. The first-order chi connectivity index (χ1) is 12.8. The first-order valence-corrected chi connectivity index (χ1v) is 10.4. The highest BCUT2D eigenvalue weighted by atomic mass is 79.9. The molecule has 0 saturated heterocycles. The predicted octanol–water partition coefficient (Wildman–Crippen LogP) is 5.23. The van der Waals surface area contributed by atoms with Crippen LogP contribution in [-0.2, 0) is 10.0 Å². The van der Waals surface area contributed by atoms with Crippen LogP contribution >= 0.6 is 15.9 Å². The van der Waals surface area contributed by atoms with Gasteiger partial charge >= 0.3 is 0 Å². The lowest BCUT2D eigenvalue weighted by Gasteiger charge is -2.37. The van der Waals surface area contributed by atoms with Gasteiger partial charge < -0.3 is 5.11 Å². The molecule has 3 aromatic carbocycles. The van der Waals surface area contributed by atoms with Gasteiger partial charge in [0, 0.05) is 10.0 Å². The monoisotopic (exact) mass is 447 g/mol. The molecule has 0 aliphatic carbocycles. The van der Waals surface area contributed by atoms with E-state index in [0.29, 0.717) is 16.8 Å². The number of phenols is 1. The lowest BCUT2D eigenvalue weighted by atomic mass is 9.90. The highest BCUT2D eigenvalue weighted by Gasteiger charge is 2.37. The zero-order chi connectivity index (χ0) is 19.3. The Balaban J connectivity index is 1.98. The Bertz CT molecular complexity index is 1150. The Morgan fingerprint density at radius 1 is 1.00 bits per heavy atom. The molecule has 1 atom stereocenters. The van der Waals surface area contributed by atoms with Crippen LogP contribution in [-0.4, -0.2) is 13.5 Å². The summed E-state index contributed by atoms with van der Waals surface area (Å²) in [5.74, 6) is -0.432. The first-order valence-electron chi connectivity index (χ1n) is 8.22. The van der Waals surface area contributed by atoms with Crippen LogP contribution in [0.3, 0.4) is 0 Å². The van der Waals surface area contributed by atoms with Crippen LogP contribution in [0, 0.1) is 5.82 Å². The minimum Gasteiger partial charge on any atom is -0.508 e. The summed E-state index contributed by atoms with van der Waals surface area (Å²) in [5, 5.41) is 9.48. The van der Waals surface area contributed by atoms with Crippen molar-refractivity contribution in [1.82, 2.24) is 0 Å². The molecule has 138 valence electrons. The van der Waals surface area contributed by atoms with E-state index in [2.05, 4.69) is 15.9 Å². The Kier molecular flexibility index (Phi) is 4.24. The van der Waals surface area contributed by atoms with Crippen LogP contribution in [0.1, 0.15) is 18.5 Å². The molecule has 1 N–H and O–H groups in total. The van der Waals surface area contributed by atoms with Crippen LogP contribution in [0.15, 0.2) is 70.0 Å². The Labute approximate surface area is 165 Å². The number of phenolic OH excluding ortho intramolecular Hbond substituents is 1. The highest BCUT2D eigenvalue weighted by molar-refractivity contribution is 9.10. The van der Waals surface area contributed by atoms with E-state index in [1.165, 1.54) is 40.7 Å². The summed E-state index contributed by atoms with van der Waals surface area (Å²) >= 11 is 3.43. The van der Waals surface area contributed by atoms with E-state index in [4.69, 9.17) is 0 Å². The van der Waals surface area contributed by atoms with E-state index in [-0.39, 0.29) is 10.6 Å². The third-order valence-electron chi connectivity index (χ3n) is 4.70. The van der Waals surface area contributed by atoms with Crippen LogP contribution in [0.4, 0.5) is 10.1 Å². The van der Waals surface area contributed by atoms with Gasteiger partial charge in [0.15, 0.2) is 0 Å². The number of anilines is 1. The van der Waals surface area contributed by atoms with Gasteiger partial charge in [-0.2, -0.15) is 0 Å². The summed E-state index contributed by atoms with van der Waals surface area (Å²) in [7, 11) is -3.93. The smallest absolute Gasteiger partial charge is 0.264 e. The quantitative estimate of drug-likeness (QED) is 0.584. The van der Waals surface area contributed by atoms with Gasteiger partial charge in [-0.05, 0) is 72.6 Å². The van der Waals surface area contributed by atoms with Crippen LogP contribution < -0.4 is 4.31 Å². The molecule has 0 fully saturated rings. The summed E-state index contributed by atoms with van der Waals surface area (Å²) in [6.07, 6.45) is 0. The molecule has 0 amide bonds. The van der Waals surface area contributed by atoms with Gasteiger partial charge in [-0.15, -0.1) is 0 Å². The van der Waals surface area contributed by atoms with Gasteiger partial charge in [-0.1, -0.05) is 22.0 Å². The van der Waals surface area contributed by atoms with Crippen LogP contribution in [0.25, 0.3) is 11.1 Å². The normalized spacial score (nSPS) is 16.0. The van der Waals surface area contributed by atoms with Gasteiger partial charge in [0.05, 0.1) is 16.6 Å². The molecule has 0 spiro atoms. The molecule has 1 aliphatic rings. The maximum Gasteiger partial charge on any atom is 0.264 e. The number of hydrogen-bond acceptors (Lipinski definition) is 3. The third kappa shape index (κ3) is 2.91. The summed E-state index contributed by atoms with van der Waals surface area (Å²) in [4.78, 5) is 0.0564. The van der Waals surface area contributed by atoms with Crippen molar-refractivity contribution in [3.63, 3.8) is 0 Å². The molecule has 0 saturated carbocycles. The largest absolute Gasteiger partial charge is 0.508 e. The molecule has 27 heavy (non-hydrogen) atoms. The van der Waals surface area contributed by atoms with Crippen molar-refractivity contribution < 1.29 is 17.9 Å². The van der Waals surface area contributed by atoms with Gasteiger partial charge in [0.2, 0.25) is 0 Å². The topological polar surface area (TPSA) is 57.6 Å². The van der Waals surface area contributed by atoms with Gasteiger partial charge in [-0.25, -0.2) is 12.8 Å². The predicted molar refractivity (Wildman–Crippen MR) is 106 cm³/mol. The average Bonchev–Trinajstić information content (AvgIpc) is 2.62. The number of hydrogen-bond donors (Lipinski definition) is 1. The molecule has 0 aromatic heterocycles. The zero-order valence-corrected chi connectivity index (χ0v) is 16.6. The summed E-state index contributed by atoms with van der Waals surface area (Å²) in [6, 6.07) is 14.6. The number of rotatable bonds is 2. The molecule has 0 bridgehead atoms. The molecule has 1 unspecified atom stereocenters. The van der Waals surface area contributed by atoms with Crippen molar-refractivity contribution in [1.29, 1.82) is 0 Å². The fraction of sp³-hybridized carbons (Fsp3) is 0.100. The molecular formula is C20H15BrFNO3S. The minimum atomic E-state index is -3.93. The second kappa shape index (κ2) is 6.35. The van der Waals surface area contributed by atoms with Crippen molar-refractivity contribution in [2.45, 2.75) is 17.9 Å². The fourth-order valence-corrected chi connectivity index (χ4v) is 5.46. The van der Waals surface area contributed by atoms with E-state index in [1.807, 2.05) is 6.07 Å². The lowest BCUT2D eigenvalue weighted by molar-refractivity contribution is 0.474. The minimum absolute atomic E-state index is 0.0163. The van der Waals surface area contributed by atoms with E-state index in [0.717, 1.165) is 10.0 Å². The number of nitrogens with zero attached hydrogens (tertiary/aromatic N) is 1. The van der Waals surface area contributed by atoms with E-state index < -0.39 is 21.9 Å². The second-order valence-corrected chi connectivity index (χ2v) is 9.09. The number of fused-ring (bicyclic) bond motifs is 3. The van der Waals surface area contributed by atoms with Crippen molar-refractivity contribution in [2.75, 3.05) is 4.31 Å². The lowest BCUT2D eigenvalue weighted by Crippen LogP contribution is -2.36. The Morgan fingerprint density at radius 2 is 1.70 bits per heavy atom. The Hall–Kier alpha value is -2.38. The third-order valence-corrected chi connectivity index (χ3v) is 7.09. The summed E-state index contributed by atoms with van der Waals surface area (Å²) in [6.45, 7) is 1.74. The van der Waals surface area contributed by atoms with Gasteiger partial charge in [0.25, 0.3) is 10.0 Å². The fourth-order valence-electron chi connectivity index (χ4n) is 3.44. The number of halogens is 2. The van der Waals surface area contributed by atoms with Crippen molar-refractivity contribution in [3.8, 4) is 16.9 Å². The molecule has 0 radical (unpaired) electrons. The molecule has 1 heterocycles. The summed E-state index contributed by atoms with van der Waals surface area (Å²) < 4.78 is 42.8. The molecular weight excluding hydrogens is 433 g/mol. The van der Waals surface area contributed by atoms with E-state index >= 15 is 0 Å². The van der Waals surface area contributed by atoms with Crippen molar-refractivity contribution >= 4 is 31.6 Å². The number of benzene rings is 3. The number of aromatic hydroxyl groups is 1. The van der Waals surface area contributed by atoms with Crippen LogP contribution in [0.2, 0.25) is 0 Å².